The number of esters is 1. The van der Waals surface area contributed by atoms with Crippen LogP contribution in [0, 0.1) is 11.3 Å². The van der Waals surface area contributed by atoms with Gasteiger partial charge in [0.25, 0.3) is 0 Å². The number of hydrogen-bond acceptors (Lipinski definition) is 3. The van der Waals surface area contributed by atoms with E-state index in [4.69, 9.17) is 16.3 Å². The minimum absolute atomic E-state index is 0.483. The van der Waals surface area contributed by atoms with E-state index < -0.39 is 11.4 Å². The molecule has 1 aliphatic rings. The lowest BCUT2D eigenvalue weighted by molar-refractivity contribution is -0.145. The van der Waals surface area contributed by atoms with Gasteiger partial charge in [0.1, 0.15) is 0 Å². The van der Waals surface area contributed by atoms with Crippen molar-refractivity contribution in [2.24, 2.45) is 0 Å². The summed E-state index contributed by atoms with van der Waals surface area (Å²) in [4.78, 5) is 11.9. The van der Waals surface area contributed by atoms with Crippen molar-refractivity contribution in [2.45, 2.75) is 24.7 Å². The lowest BCUT2D eigenvalue weighted by Crippen LogP contribution is -2.38. The largest absolute Gasteiger partial charge is 0.468 e. The van der Waals surface area contributed by atoms with E-state index in [0.717, 1.165) is 24.0 Å². The Balaban J connectivity index is 2.61. The standard InChI is InChI=1S/C13H12ClNO2/c1-17-12(16)13(8-15)6-2-3-9-7-10(14)4-5-11(9)13/h4-5,7H,2-3,6H2,1H3. The Bertz CT molecular complexity index is 507. The number of aryl methyl sites for hydroxylation is 1. The first kappa shape index (κ1) is 11.9. The summed E-state index contributed by atoms with van der Waals surface area (Å²) in [5.41, 5.74) is 0.547. The molecule has 0 heterocycles. The van der Waals surface area contributed by atoms with E-state index in [1.807, 2.05) is 6.07 Å². The molecule has 0 saturated carbocycles. The van der Waals surface area contributed by atoms with Gasteiger partial charge in [-0.05, 0) is 42.5 Å². The van der Waals surface area contributed by atoms with Crippen LogP contribution in [0.15, 0.2) is 18.2 Å². The van der Waals surface area contributed by atoms with Gasteiger partial charge in [0.05, 0.1) is 13.2 Å². The van der Waals surface area contributed by atoms with E-state index >= 15 is 0 Å². The van der Waals surface area contributed by atoms with Gasteiger partial charge in [-0.1, -0.05) is 17.7 Å². The molecule has 0 radical (unpaired) electrons. The summed E-state index contributed by atoms with van der Waals surface area (Å²) in [5.74, 6) is -0.483. The Kier molecular flexibility index (Phi) is 3.08. The maximum atomic E-state index is 11.9. The molecule has 0 saturated heterocycles. The Labute approximate surface area is 105 Å². The van der Waals surface area contributed by atoms with Gasteiger partial charge in [-0.15, -0.1) is 0 Å². The van der Waals surface area contributed by atoms with Gasteiger partial charge in [-0.3, -0.25) is 0 Å². The zero-order chi connectivity index (χ0) is 12.5. The van der Waals surface area contributed by atoms with E-state index in [-0.39, 0.29) is 0 Å². The highest BCUT2D eigenvalue weighted by molar-refractivity contribution is 6.30. The lowest BCUT2D eigenvalue weighted by Gasteiger charge is -2.30. The maximum absolute atomic E-state index is 11.9. The molecule has 1 atom stereocenters. The molecule has 0 bridgehead atoms. The molecule has 2 rings (SSSR count). The minimum atomic E-state index is -1.16. The van der Waals surface area contributed by atoms with Crippen molar-refractivity contribution in [1.82, 2.24) is 0 Å². The van der Waals surface area contributed by atoms with Gasteiger partial charge < -0.3 is 4.74 Å². The highest BCUT2D eigenvalue weighted by Gasteiger charge is 2.45. The molecule has 17 heavy (non-hydrogen) atoms. The highest BCUT2D eigenvalue weighted by Crippen LogP contribution is 2.38. The van der Waals surface area contributed by atoms with Crippen LogP contribution in [0.4, 0.5) is 0 Å². The summed E-state index contributed by atoms with van der Waals surface area (Å²) >= 11 is 5.93. The summed E-state index contributed by atoms with van der Waals surface area (Å²) in [6.07, 6.45) is 2.14. The lowest BCUT2D eigenvalue weighted by atomic mass is 9.71. The van der Waals surface area contributed by atoms with Gasteiger partial charge in [-0.2, -0.15) is 5.26 Å². The molecule has 4 heteroatoms. The third-order valence-electron chi connectivity index (χ3n) is 3.25. The average molecular weight is 250 g/mol. The Morgan fingerprint density at radius 3 is 3.00 bits per heavy atom. The molecule has 1 aliphatic carbocycles. The van der Waals surface area contributed by atoms with Crippen molar-refractivity contribution in [1.29, 1.82) is 5.26 Å². The van der Waals surface area contributed by atoms with E-state index in [1.165, 1.54) is 7.11 Å². The van der Waals surface area contributed by atoms with Crippen LogP contribution in [0.1, 0.15) is 24.0 Å². The van der Waals surface area contributed by atoms with Crippen molar-refractivity contribution in [3.05, 3.63) is 34.3 Å². The van der Waals surface area contributed by atoms with Gasteiger partial charge in [0, 0.05) is 5.02 Å². The van der Waals surface area contributed by atoms with Crippen LogP contribution in [-0.4, -0.2) is 13.1 Å². The number of nitrogens with zero attached hydrogens (tertiary/aromatic N) is 1. The van der Waals surface area contributed by atoms with Crippen molar-refractivity contribution < 1.29 is 9.53 Å². The fourth-order valence-corrected chi connectivity index (χ4v) is 2.61. The van der Waals surface area contributed by atoms with Crippen LogP contribution < -0.4 is 0 Å². The number of halogens is 1. The first-order valence-electron chi connectivity index (χ1n) is 5.42. The minimum Gasteiger partial charge on any atom is -0.468 e. The summed E-state index contributed by atoms with van der Waals surface area (Å²) in [7, 11) is 1.31. The Hall–Kier alpha value is -1.53. The molecule has 1 aromatic carbocycles. The third kappa shape index (κ3) is 1.79. The van der Waals surface area contributed by atoms with E-state index in [0.29, 0.717) is 11.4 Å². The summed E-state index contributed by atoms with van der Waals surface area (Å²) in [6.45, 7) is 0. The number of carbonyl (C=O) groups excluding carboxylic acids is 1. The highest BCUT2D eigenvalue weighted by atomic mass is 35.5. The SMILES string of the molecule is COC(=O)C1(C#N)CCCc2cc(Cl)ccc21. The number of fused-ring (bicyclic) bond motifs is 1. The number of benzene rings is 1. The molecule has 0 aromatic heterocycles. The van der Waals surface area contributed by atoms with Crippen LogP contribution in [0.3, 0.4) is 0 Å². The van der Waals surface area contributed by atoms with Crippen molar-refractivity contribution in [2.75, 3.05) is 7.11 Å². The molecule has 0 fully saturated rings. The summed E-state index contributed by atoms with van der Waals surface area (Å²) in [5, 5.41) is 10.0. The summed E-state index contributed by atoms with van der Waals surface area (Å²) in [6, 6.07) is 7.42. The zero-order valence-corrected chi connectivity index (χ0v) is 10.3. The normalized spacial score (nSPS) is 22.4. The van der Waals surface area contributed by atoms with Crippen LogP contribution in [0.25, 0.3) is 0 Å². The van der Waals surface area contributed by atoms with Gasteiger partial charge in [0.15, 0.2) is 5.41 Å². The molecule has 3 nitrogen and oxygen atoms in total. The molecule has 0 spiro atoms. The molecule has 0 N–H and O–H groups in total. The molecule has 0 amide bonds. The van der Waals surface area contributed by atoms with E-state index in [2.05, 4.69) is 6.07 Å². The number of ether oxygens (including phenoxy) is 1. The van der Waals surface area contributed by atoms with Gasteiger partial charge >= 0.3 is 5.97 Å². The summed E-state index contributed by atoms with van der Waals surface area (Å²) < 4.78 is 4.78. The second-order valence-corrected chi connectivity index (χ2v) is 4.60. The Morgan fingerprint density at radius 1 is 1.59 bits per heavy atom. The van der Waals surface area contributed by atoms with Crippen LogP contribution in [-0.2, 0) is 21.4 Å². The van der Waals surface area contributed by atoms with Gasteiger partial charge in [0.2, 0.25) is 0 Å². The van der Waals surface area contributed by atoms with Crippen LogP contribution in [0.5, 0.6) is 0 Å². The average Bonchev–Trinajstić information content (AvgIpc) is 2.36. The fourth-order valence-electron chi connectivity index (χ4n) is 2.41. The molecular formula is C13H12ClNO2. The second-order valence-electron chi connectivity index (χ2n) is 4.16. The molecule has 1 unspecified atom stereocenters. The van der Waals surface area contributed by atoms with E-state index in [9.17, 15) is 10.1 Å². The fraction of sp³-hybridized carbons (Fsp3) is 0.385. The third-order valence-corrected chi connectivity index (χ3v) is 3.48. The topological polar surface area (TPSA) is 50.1 Å². The predicted octanol–water partition coefficient (Wildman–Crippen LogP) is 2.61. The van der Waals surface area contributed by atoms with Crippen LogP contribution >= 0.6 is 11.6 Å². The smallest absolute Gasteiger partial charge is 0.330 e. The molecule has 88 valence electrons. The number of carbonyl (C=O) groups is 1. The van der Waals surface area contributed by atoms with Crippen molar-refractivity contribution in [3.8, 4) is 6.07 Å². The maximum Gasteiger partial charge on any atom is 0.330 e. The predicted molar refractivity (Wildman–Crippen MR) is 63.7 cm³/mol. The van der Waals surface area contributed by atoms with Gasteiger partial charge in [-0.25, -0.2) is 4.79 Å². The van der Waals surface area contributed by atoms with Crippen molar-refractivity contribution >= 4 is 17.6 Å². The van der Waals surface area contributed by atoms with Crippen molar-refractivity contribution in [3.63, 3.8) is 0 Å². The molecule has 0 aliphatic heterocycles. The van der Waals surface area contributed by atoms with E-state index in [1.54, 1.807) is 12.1 Å². The first-order chi connectivity index (χ1) is 8.14. The monoisotopic (exact) mass is 249 g/mol. The molecule has 1 aromatic rings. The number of hydrogen-bond donors (Lipinski definition) is 0. The number of rotatable bonds is 1. The second kappa shape index (κ2) is 4.38. The first-order valence-corrected chi connectivity index (χ1v) is 5.80. The number of methoxy groups -OCH3 is 1. The molecular weight excluding hydrogens is 238 g/mol. The Morgan fingerprint density at radius 2 is 2.35 bits per heavy atom. The van der Waals surface area contributed by atoms with Crippen LogP contribution in [0.2, 0.25) is 5.02 Å². The number of nitriles is 1. The quantitative estimate of drug-likeness (QED) is 0.719. The zero-order valence-electron chi connectivity index (χ0n) is 9.50.